The fourth-order valence-electron chi connectivity index (χ4n) is 3.01. The molecule has 0 aliphatic heterocycles. The molecule has 0 unspecified atom stereocenters. The van der Waals surface area contributed by atoms with Crippen molar-refractivity contribution in [2.45, 2.75) is 24.8 Å². The van der Waals surface area contributed by atoms with E-state index in [1.54, 1.807) is 54.6 Å². The number of carbonyl (C=O) groups is 1. The van der Waals surface area contributed by atoms with Crippen molar-refractivity contribution >= 4 is 21.6 Å². The van der Waals surface area contributed by atoms with E-state index in [-0.39, 0.29) is 16.8 Å². The van der Waals surface area contributed by atoms with Crippen molar-refractivity contribution in [2.75, 3.05) is 18.0 Å². The third-order valence-corrected chi connectivity index (χ3v) is 6.63. The zero-order chi connectivity index (χ0) is 22.4. The summed E-state index contributed by atoms with van der Waals surface area (Å²) < 4.78 is 32.7. The minimum absolute atomic E-state index is 0.189. The Morgan fingerprint density at radius 1 is 1.00 bits per heavy atom. The summed E-state index contributed by atoms with van der Waals surface area (Å²) >= 11 is 0. The zero-order valence-corrected chi connectivity index (χ0v) is 18.6. The van der Waals surface area contributed by atoms with Crippen LogP contribution in [-0.4, -0.2) is 34.0 Å². The van der Waals surface area contributed by atoms with Gasteiger partial charge in [0.15, 0.2) is 0 Å². The van der Waals surface area contributed by atoms with Gasteiger partial charge in [0, 0.05) is 12.6 Å². The summed E-state index contributed by atoms with van der Waals surface area (Å²) in [5.41, 5.74) is 1.80. The lowest BCUT2D eigenvalue weighted by molar-refractivity contribution is 0.0926. The van der Waals surface area contributed by atoms with Gasteiger partial charge < -0.3 is 10.1 Å². The fraction of sp³-hybridized carbons (Fsp3) is 0.208. The van der Waals surface area contributed by atoms with E-state index >= 15 is 0 Å². The number of carbonyl (C=O) groups excluding carboxylic acids is 1. The summed E-state index contributed by atoms with van der Waals surface area (Å²) in [6.45, 7) is 4.13. The van der Waals surface area contributed by atoms with E-state index in [9.17, 15) is 13.2 Å². The number of nitrogens with zero attached hydrogens (tertiary/aromatic N) is 1. The first kappa shape index (κ1) is 22.4. The largest absolute Gasteiger partial charge is 0.491 e. The topological polar surface area (TPSA) is 75.7 Å². The predicted molar refractivity (Wildman–Crippen MR) is 122 cm³/mol. The van der Waals surface area contributed by atoms with E-state index in [0.717, 1.165) is 11.3 Å². The number of benzene rings is 3. The number of rotatable bonds is 8. The second kappa shape index (κ2) is 9.66. The predicted octanol–water partition coefficient (Wildman–Crippen LogP) is 4.02. The zero-order valence-electron chi connectivity index (χ0n) is 17.8. The van der Waals surface area contributed by atoms with Crippen LogP contribution >= 0.6 is 0 Å². The summed E-state index contributed by atoms with van der Waals surface area (Å²) in [5.74, 6) is 0.478. The van der Waals surface area contributed by atoms with Crippen LogP contribution in [0.2, 0.25) is 0 Å². The number of nitrogens with one attached hydrogen (secondary N) is 1. The molecule has 3 rings (SSSR count). The van der Waals surface area contributed by atoms with Gasteiger partial charge in [-0.1, -0.05) is 42.5 Å². The molecule has 0 saturated carbocycles. The van der Waals surface area contributed by atoms with Gasteiger partial charge in [0.2, 0.25) is 0 Å². The summed E-state index contributed by atoms with van der Waals surface area (Å²) in [7, 11) is -2.25. The highest BCUT2D eigenvalue weighted by Gasteiger charge is 2.22. The van der Waals surface area contributed by atoms with Gasteiger partial charge in [-0.2, -0.15) is 0 Å². The lowest BCUT2D eigenvalue weighted by atomic mass is 10.1. The normalized spacial score (nSPS) is 12.1. The molecule has 1 N–H and O–H groups in total. The van der Waals surface area contributed by atoms with Crippen molar-refractivity contribution in [3.63, 3.8) is 0 Å². The molecule has 1 atom stereocenters. The average molecular weight is 439 g/mol. The van der Waals surface area contributed by atoms with Crippen LogP contribution in [0.5, 0.6) is 5.75 Å². The standard InChI is InChI=1S/C24H26N2O4S/c1-18-10-7-8-15-23(18)30-17-19(2)25-24(27)20-11-9-12-21(16-20)26(3)31(28,29)22-13-5-4-6-14-22/h4-16,19H,17H2,1-3H3,(H,25,27)/t19-/m1/s1. The minimum atomic E-state index is -3.72. The molecule has 0 spiro atoms. The van der Waals surface area contributed by atoms with Crippen molar-refractivity contribution in [1.29, 1.82) is 0 Å². The number of anilines is 1. The van der Waals surface area contributed by atoms with Gasteiger partial charge in [0.1, 0.15) is 12.4 Å². The van der Waals surface area contributed by atoms with E-state index in [1.165, 1.54) is 11.4 Å². The molecule has 6 nitrogen and oxygen atoms in total. The first-order valence-corrected chi connectivity index (χ1v) is 11.4. The van der Waals surface area contributed by atoms with E-state index in [4.69, 9.17) is 4.74 Å². The Morgan fingerprint density at radius 2 is 1.68 bits per heavy atom. The molecule has 7 heteroatoms. The summed E-state index contributed by atoms with van der Waals surface area (Å²) in [6.07, 6.45) is 0. The maximum atomic E-state index is 12.8. The molecule has 162 valence electrons. The molecular formula is C24H26N2O4S. The molecule has 3 aromatic carbocycles. The van der Waals surface area contributed by atoms with Crippen LogP contribution in [0, 0.1) is 6.92 Å². The summed E-state index contributed by atoms with van der Waals surface area (Å²) in [6, 6.07) is 22.2. The quantitative estimate of drug-likeness (QED) is 0.576. The first-order valence-electron chi connectivity index (χ1n) is 9.92. The van der Waals surface area contributed by atoms with Crippen LogP contribution in [-0.2, 0) is 10.0 Å². The molecule has 0 saturated heterocycles. The molecule has 0 bridgehead atoms. The molecule has 0 aliphatic carbocycles. The highest BCUT2D eigenvalue weighted by Crippen LogP contribution is 2.23. The van der Waals surface area contributed by atoms with Gasteiger partial charge in [-0.25, -0.2) is 8.42 Å². The van der Waals surface area contributed by atoms with E-state index in [1.807, 2.05) is 38.1 Å². The van der Waals surface area contributed by atoms with Gasteiger partial charge in [-0.3, -0.25) is 9.10 Å². The summed E-state index contributed by atoms with van der Waals surface area (Å²) in [5, 5.41) is 2.89. The van der Waals surface area contributed by atoms with Crippen LogP contribution in [0.1, 0.15) is 22.8 Å². The Hall–Kier alpha value is -3.32. The smallest absolute Gasteiger partial charge is 0.264 e. The van der Waals surface area contributed by atoms with Crippen LogP contribution < -0.4 is 14.4 Å². The molecule has 0 aliphatic rings. The second-order valence-corrected chi connectivity index (χ2v) is 9.26. The van der Waals surface area contributed by atoms with Crippen LogP contribution in [0.25, 0.3) is 0 Å². The molecule has 0 aromatic heterocycles. The summed E-state index contributed by atoms with van der Waals surface area (Å²) in [4.78, 5) is 12.9. The number of sulfonamides is 1. The molecule has 3 aromatic rings. The molecule has 1 amide bonds. The van der Waals surface area contributed by atoms with Crippen molar-refractivity contribution in [3.05, 3.63) is 90.0 Å². The van der Waals surface area contributed by atoms with Crippen molar-refractivity contribution in [2.24, 2.45) is 0 Å². The molecule has 0 heterocycles. The Bertz CT molecular complexity index is 1150. The van der Waals surface area contributed by atoms with Crippen LogP contribution in [0.15, 0.2) is 83.8 Å². The Kier molecular flexibility index (Phi) is 6.97. The monoisotopic (exact) mass is 438 g/mol. The van der Waals surface area contributed by atoms with E-state index < -0.39 is 10.0 Å². The van der Waals surface area contributed by atoms with E-state index in [0.29, 0.717) is 17.9 Å². The van der Waals surface area contributed by atoms with Crippen molar-refractivity contribution in [3.8, 4) is 5.75 Å². The maximum Gasteiger partial charge on any atom is 0.264 e. The second-order valence-electron chi connectivity index (χ2n) is 7.29. The van der Waals surface area contributed by atoms with Crippen molar-refractivity contribution in [1.82, 2.24) is 5.32 Å². The lowest BCUT2D eigenvalue weighted by Gasteiger charge is -2.20. The SMILES string of the molecule is Cc1ccccc1OC[C@@H](C)NC(=O)c1cccc(N(C)S(=O)(=O)c2ccccc2)c1. The highest BCUT2D eigenvalue weighted by atomic mass is 32.2. The van der Waals surface area contributed by atoms with Crippen LogP contribution in [0.3, 0.4) is 0 Å². The number of amides is 1. The maximum absolute atomic E-state index is 12.8. The Labute approximate surface area is 183 Å². The minimum Gasteiger partial charge on any atom is -0.491 e. The number of aryl methyl sites for hydroxylation is 1. The average Bonchev–Trinajstić information content (AvgIpc) is 2.78. The Balaban J connectivity index is 1.68. The van der Waals surface area contributed by atoms with E-state index in [2.05, 4.69) is 5.32 Å². The third kappa shape index (κ3) is 5.44. The van der Waals surface area contributed by atoms with Gasteiger partial charge in [-0.15, -0.1) is 0 Å². The molecular weight excluding hydrogens is 412 g/mol. The Morgan fingerprint density at radius 3 is 2.39 bits per heavy atom. The van der Waals surface area contributed by atoms with Gasteiger partial charge in [0.25, 0.3) is 15.9 Å². The third-order valence-electron chi connectivity index (χ3n) is 4.83. The molecule has 31 heavy (non-hydrogen) atoms. The van der Waals surface area contributed by atoms with Gasteiger partial charge in [0.05, 0.1) is 16.6 Å². The number of hydrogen-bond donors (Lipinski definition) is 1. The molecule has 0 fully saturated rings. The fourth-order valence-corrected chi connectivity index (χ4v) is 4.22. The highest BCUT2D eigenvalue weighted by molar-refractivity contribution is 7.92. The lowest BCUT2D eigenvalue weighted by Crippen LogP contribution is -2.37. The number of ether oxygens (including phenoxy) is 1. The first-order chi connectivity index (χ1) is 14.8. The number of para-hydroxylation sites is 1. The van der Waals surface area contributed by atoms with Gasteiger partial charge in [-0.05, 0) is 55.8 Å². The number of hydrogen-bond acceptors (Lipinski definition) is 4. The van der Waals surface area contributed by atoms with Gasteiger partial charge >= 0.3 is 0 Å². The van der Waals surface area contributed by atoms with Crippen LogP contribution in [0.4, 0.5) is 5.69 Å². The molecule has 0 radical (unpaired) electrons. The van der Waals surface area contributed by atoms with Crippen molar-refractivity contribution < 1.29 is 17.9 Å².